The molecule has 0 bridgehead atoms. The summed E-state index contributed by atoms with van der Waals surface area (Å²) in [7, 11) is 0. The summed E-state index contributed by atoms with van der Waals surface area (Å²) in [5.74, 6) is -1.57. The third kappa shape index (κ3) is 2.71. The molecule has 2 aromatic carbocycles. The molecular weight excluding hydrogens is 236 g/mol. The van der Waals surface area contributed by atoms with Crippen LogP contribution in [0.5, 0.6) is 0 Å². The minimum atomic E-state index is -0.544. The third-order valence-electron chi connectivity index (χ3n) is 2.46. The predicted molar refractivity (Wildman–Crippen MR) is 65.5 cm³/mol. The van der Waals surface area contributed by atoms with E-state index in [4.69, 9.17) is 0 Å². The Morgan fingerprint density at radius 1 is 1.11 bits per heavy atom. The van der Waals surface area contributed by atoms with Gasteiger partial charge in [0.15, 0.2) is 0 Å². The molecule has 2 rings (SSSR count). The molecule has 0 atom stereocenters. The van der Waals surface area contributed by atoms with Crippen LogP contribution in [0.3, 0.4) is 0 Å². The Bertz CT molecular complexity index is 596. The van der Waals surface area contributed by atoms with E-state index in [0.29, 0.717) is 0 Å². The predicted octanol–water partition coefficient (Wildman–Crippen LogP) is 3.53. The Labute approximate surface area is 103 Å². The average Bonchev–Trinajstić information content (AvgIpc) is 2.32. The number of benzene rings is 2. The van der Waals surface area contributed by atoms with Crippen molar-refractivity contribution in [2.24, 2.45) is 0 Å². The largest absolute Gasteiger partial charge is 0.319 e. The molecule has 0 saturated heterocycles. The van der Waals surface area contributed by atoms with Crippen LogP contribution in [0.25, 0.3) is 0 Å². The average molecular weight is 247 g/mol. The van der Waals surface area contributed by atoms with Crippen LogP contribution in [0, 0.1) is 18.6 Å². The van der Waals surface area contributed by atoms with Gasteiger partial charge in [-0.3, -0.25) is 4.79 Å². The molecule has 0 aromatic heterocycles. The molecule has 0 radical (unpaired) electrons. The molecular formula is C14H11F2NO. The monoisotopic (exact) mass is 247 g/mol. The second-order valence-electron chi connectivity index (χ2n) is 3.95. The maximum Gasteiger partial charge on any atom is 0.255 e. The number of amides is 1. The van der Waals surface area contributed by atoms with E-state index in [1.165, 1.54) is 30.3 Å². The molecule has 4 heteroatoms. The van der Waals surface area contributed by atoms with Crippen LogP contribution >= 0.6 is 0 Å². The van der Waals surface area contributed by atoms with Crippen molar-refractivity contribution < 1.29 is 13.6 Å². The number of aryl methyl sites for hydroxylation is 1. The summed E-state index contributed by atoms with van der Waals surface area (Å²) in [4.78, 5) is 11.8. The lowest BCUT2D eigenvalue weighted by atomic mass is 10.2. The highest BCUT2D eigenvalue weighted by Gasteiger charge is 2.09. The second-order valence-corrected chi connectivity index (χ2v) is 3.95. The third-order valence-corrected chi connectivity index (χ3v) is 2.46. The summed E-state index contributed by atoms with van der Waals surface area (Å²) in [5, 5.41) is 2.40. The van der Waals surface area contributed by atoms with Crippen molar-refractivity contribution in [1.82, 2.24) is 0 Å². The molecule has 0 unspecified atom stereocenters. The zero-order valence-electron chi connectivity index (χ0n) is 9.71. The van der Waals surface area contributed by atoms with E-state index >= 15 is 0 Å². The fourth-order valence-electron chi connectivity index (χ4n) is 1.55. The summed E-state index contributed by atoms with van der Waals surface area (Å²) in [6.07, 6.45) is 0. The lowest BCUT2D eigenvalue weighted by molar-refractivity contribution is 0.102. The van der Waals surface area contributed by atoms with Gasteiger partial charge in [-0.15, -0.1) is 0 Å². The van der Waals surface area contributed by atoms with Gasteiger partial charge in [0.1, 0.15) is 11.6 Å². The SMILES string of the molecule is Cc1ccc(NC(=O)c2cccc(F)c2)c(F)c1. The zero-order chi connectivity index (χ0) is 13.1. The summed E-state index contributed by atoms with van der Waals surface area (Å²) in [6.45, 7) is 1.75. The first-order chi connectivity index (χ1) is 8.56. The van der Waals surface area contributed by atoms with Crippen LogP contribution in [0.4, 0.5) is 14.5 Å². The van der Waals surface area contributed by atoms with Crippen molar-refractivity contribution in [3.63, 3.8) is 0 Å². The molecule has 0 heterocycles. The van der Waals surface area contributed by atoms with E-state index in [1.807, 2.05) is 0 Å². The fraction of sp³-hybridized carbons (Fsp3) is 0.0714. The summed E-state index contributed by atoms with van der Waals surface area (Å²) >= 11 is 0. The minimum Gasteiger partial charge on any atom is -0.319 e. The Kier molecular flexibility index (Phi) is 3.37. The van der Waals surface area contributed by atoms with Gasteiger partial charge >= 0.3 is 0 Å². The number of rotatable bonds is 2. The first-order valence-electron chi connectivity index (χ1n) is 5.39. The number of anilines is 1. The van der Waals surface area contributed by atoms with Gasteiger partial charge in [0, 0.05) is 5.56 Å². The Morgan fingerprint density at radius 2 is 1.89 bits per heavy atom. The van der Waals surface area contributed by atoms with Crippen molar-refractivity contribution in [2.45, 2.75) is 6.92 Å². The Hall–Kier alpha value is -2.23. The van der Waals surface area contributed by atoms with E-state index < -0.39 is 17.5 Å². The molecule has 0 fully saturated rings. The highest BCUT2D eigenvalue weighted by Crippen LogP contribution is 2.16. The van der Waals surface area contributed by atoms with Gasteiger partial charge < -0.3 is 5.32 Å². The fourth-order valence-corrected chi connectivity index (χ4v) is 1.55. The minimum absolute atomic E-state index is 0.0786. The number of hydrogen-bond donors (Lipinski definition) is 1. The topological polar surface area (TPSA) is 29.1 Å². The molecule has 2 aromatic rings. The van der Waals surface area contributed by atoms with Crippen LogP contribution in [0.15, 0.2) is 42.5 Å². The van der Waals surface area contributed by atoms with Crippen molar-refractivity contribution >= 4 is 11.6 Å². The van der Waals surface area contributed by atoms with Crippen LogP contribution in [0.1, 0.15) is 15.9 Å². The van der Waals surface area contributed by atoms with Gasteiger partial charge in [-0.25, -0.2) is 8.78 Å². The van der Waals surface area contributed by atoms with Gasteiger partial charge in [0.25, 0.3) is 5.91 Å². The number of carbonyl (C=O) groups excluding carboxylic acids is 1. The Morgan fingerprint density at radius 3 is 2.56 bits per heavy atom. The standard InChI is InChI=1S/C14H11F2NO/c1-9-5-6-13(12(16)7-9)17-14(18)10-3-2-4-11(15)8-10/h2-8H,1H3,(H,17,18). The summed E-state index contributed by atoms with van der Waals surface area (Å²) < 4.78 is 26.5. The number of hydrogen-bond acceptors (Lipinski definition) is 1. The molecule has 1 amide bonds. The molecule has 0 aliphatic rings. The van der Waals surface area contributed by atoms with Gasteiger partial charge in [-0.05, 0) is 42.8 Å². The van der Waals surface area contributed by atoms with Crippen LogP contribution in [0.2, 0.25) is 0 Å². The zero-order valence-corrected chi connectivity index (χ0v) is 9.71. The van der Waals surface area contributed by atoms with E-state index in [-0.39, 0.29) is 11.3 Å². The van der Waals surface area contributed by atoms with Crippen molar-refractivity contribution in [2.75, 3.05) is 5.32 Å². The van der Waals surface area contributed by atoms with Crippen molar-refractivity contribution in [3.8, 4) is 0 Å². The van der Waals surface area contributed by atoms with Crippen LogP contribution in [-0.2, 0) is 0 Å². The molecule has 92 valence electrons. The van der Waals surface area contributed by atoms with E-state index in [1.54, 1.807) is 13.0 Å². The molecule has 0 saturated carbocycles. The molecule has 0 aliphatic carbocycles. The lowest BCUT2D eigenvalue weighted by Gasteiger charge is -2.07. The van der Waals surface area contributed by atoms with Gasteiger partial charge in [-0.2, -0.15) is 0 Å². The van der Waals surface area contributed by atoms with Crippen molar-refractivity contribution in [1.29, 1.82) is 0 Å². The highest BCUT2D eigenvalue weighted by molar-refractivity contribution is 6.04. The molecule has 18 heavy (non-hydrogen) atoms. The van der Waals surface area contributed by atoms with E-state index in [0.717, 1.165) is 11.6 Å². The number of halogens is 2. The number of nitrogens with one attached hydrogen (secondary N) is 1. The second kappa shape index (κ2) is 4.96. The molecule has 1 N–H and O–H groups in total. The van der Waals surface area contributed by atoms with Gasteiger partial charge in [-0.1, -0.05) is 12.1 Å². The maximum atomic E-state index is 13.5. The lowest BCUT2D eigenvalue weighted by Crippen LogP contribution is -2.13. The maximum absolute atomic E-state index is 13.5. The Balaban J connectivity index is 2.21. The van der Waals surface area contributed by atoms with Crippen molar-refractivity contribution in [3.05, 3.63) is 65.2 Å². The van der Waals surface area contributed by atoms with Gasteiger partial charge in [0.05, 0.1) is 5.69 Å². The first kappa shape index (κ1) is 12.2. The normalized spacial score (nSPS) is 10.2. The smallest absolute Gasteiger partial charge is 0.255 e. The summed E-state index contributed by atoms with van der Waals surface area (Å²) in [5.41, 5.74) is 0.987. The quantitative estimate of drug-likeness (QED) is 0.864. The molecule has 0 spiro atoms. The van der Waals surface area contributed by atoms with Gasteiger partial charge in [0.2, 0.25) is 0 Å². The first-order valence-corrected chi connectivity index (χ1v) is 5.39. The highest BCUT2D eigenvalue weighted by atomic mass is 19.1. The van der Waals surface area contributed by atoms with Crippen LogP contribution in [-0.4, -0.2) is 5.91 Å². The van der Waals surface area contributed by atoms with E-state index in [2.05, 4.69) is 5.32 Å². The van der Waals surface area contributed by atoms with E-state index in [9.17, 15) is 13.6 Å². The molecule has 0 aliphatic heterocycles. The van der Waals surface area contributed by atoms with Crippen LogP contribution < -0.4 is 5.32 Å². The summed E-state index contributed by atoms with van der Waals surface area (Å²) in [6, 6.07) is 9.71. The number of carbonyl (C=O) groups is 1. The molecule has 2 nitrogen and oxygen atoms in total.